The van der Waals surface area contributed by atoms with Crippen molar-refractivity contribution >= 4 is 27.7 Å². The third-order valence-corrected chi connectivity index (χ3v) is 4.23. The second kappa shape index (κ2) is 6.25. The molecule has 0 amide bonds. The van der Waals surface area contributed by atoms with Gasteiger partial charge in [0.25, 0.3) is 0 Å². The molecule has 0 bridgehead atoms. The summed E-state index contributed by atoms with van der Waals surface area (Å²) in [5.74, 6) is 1.41. The zero-order valence-corrected chi connectivity index (χ0v) is 12.2. The molecule has 18 heavy (non-hydrogen) atoms. The molecule has 2 aromatic carbocycles. The maximum absolute atomic E-state index is 13.0. The fourth-order valence-corrected chi connectivity index (χ4v) is 3.12. The summed E-state index contributed by atoms with van der Waals surface area (Å²) in [5, 5.41) is 0. The molecule has 0 aliphatic heterocycles. The minimum Gasteiger partial charge on any atom is -0.497 e. The number of benzene rings is 2. The molecule has 1 nitrogen and oxygen atoms in total. The Morgan fingerprint density at radius 2 is 2.06 bits per heavy atom. The monoisotopic (exact) mass is 326 g/mol. The Morgan fingerprint density at radius 3 is 2.78 bits per heavy atom. The molecule has 0 atom stereocenters. The van der Waals surface area contributed by atoms with Gasteiger partial charge < -0.3 is 4.74 Å². The van der Waals surface area contributed by atoms with Gasteiger partial charge in [-0.25, -0.2) is 4.39 Å². The topological polar surface area (TPSA) is 9.23 Å². The van der Waals surface area contributed by atoms with Gasteiger partial charge in [0, 0.05) is 15.1 Å². The third-order valence-electron chi connectivity index (χ3n) is 2.45. The van der Waals surface area contributed by atoms with E-state index in [1.54, 1.807) is 24.9 Å². The lowest BCUT2D eigenvalue weighted by molar-refractivity contribution is 0.413. The van der Waals surface area contributed by atoms with Crippen LogP contribution in [0.1, 0.15) is 5.56 Å². The fourth-order valence-electron chi connectivity index (χ4n) is 1.49. The molecule has 0 aromatic heterocycles. The van der Waals surface area contributed by atoms with Crippen molar-refractivity contribution in [3.05, 3.63) is 58.3 Å². The van der Waals surface area contributed by atoms with Gasteiger partial charge >= 0.3 is 0 Å². The van der Waals surface area contributed by atoms with E-state index in [0.717, 1.165) is 26.4 Å². The summed E-state index contributed by atoms with van der Waals surface area (Å²) < 4.78 is 18.9. The number of methoxy groups -OCH3 is 1. The average Bonchev–Trinajstić information content (AvgIpc) is 2.38. The van der Waals surface area contributed by atoms with Crippen LogP contribution >= 0.6 is 27.7 Å². The van der Waals surface area contributed by atoms with Crippen LogP contribution in [0, 0.1) is 5.82 Å². The van der Waals surface area contributed by atoms with E-state index in [2.05, 4.69) is 15.9 Å². The Hall–Kier alpha value is -1.00. The second-order valence-corrected chi connectivity index (χ2v) is 5.61. The quantitative estimate of drug-likeness (QED) is 0.740. The molecular formula is C14H12BrFOS. The lowest BCUT2D eigenvalue weighted by atomic mass is 10.2. The molecule has 0 unspecified atom stereocenters. The summed E-state index contributed by atoms with van der Waals surface area (Å²) in [7, 11) is 1.65. The predicted molar refractivity (Wildman–Crippen MR) is 76.7 cm³/mol. The zero-order chi connectivity index (χ0) is 13.0. The van der Waals surface area contributed by atoms with E-state index >= 15 is 0 Å². The van der Waals surface area contributed by atoms with Gasteiger partial charge in [-0.05, 0) is 35.9 Å². The molecule has 2 aromatic rings. The average molecular weight is 327 g/mol. The molecule has 94 valence electrons. The maximum atomic E-state index is 13.0. The van der Waals surface area contributed by atoms with Crippen LogP contribution < -0.4 is 4.74 Å². The van der Waals surface area contributed by atoms with E-state index in [0.29, 0.717) is 0 Å². The van der Waals surface area contributed by atoms with Crippen LogP contribution in [0.4, 0.5) is 4.39 Å². The first-order valence-corrected chi connectivity index (χ1v) is 7.17. The number of hydrogen-bond acceptors (Lipinski definition) is 2. The molecule has 0 spiro atoms. The molecule has 0 saturated carbocycles. The van der Waals surface area contributed by atoms with Crippen molar-refractivity contribution in [2.24, 2.45) is 0 Å². The summed E-state index contributed by atoms with van der Waals surface area (Å²) >= 11 is 5.06. The number of halogens is 2. The van der Waals surface area contributed by atoms with Gasteiger partial charge in [-0.1, -0.05) is 28.1 Å². The van der Waals surface area contributed by atoms with Gasteiger partial charge in [-0.2, -0.15) is 0 Å². The summed E-state index contributed by atoms with van der Waals surface area (Å²) in [5.41, 5.74) is 1.07. The van der Waals surface area contributed by atoms with Crippen molar-refractivity contribution in [2.75, 3.05) is 7.11 Å². The van der Waals surface area contributed by atoms with E-state index in [1.807, 2.05) is 24.3 Å². The normalized spacial score (nSPS) is 10.4. The van der Waals surface area contributed by atoms with E-state index in [-0.39, 0.29) is 5.82 Å². The Balaban J connectivity index is 2.06. The first-order chi connectivity index (χ1) is 8.69. The van der Waals surface area contributed by atoms with Gasteiger partial charge in [-0.15, -0.1) is 11.8 Å². The molecule has 2 rings (SSSR count). The first-order valence-electron chi connectivity index (χ1n) is 5.40. The zero-order valence-electron chi connectivity index (χ0n) is 9.82. The third kappa shape index (κ3) is 3.50. The summed E-state index contributed by atoms with van der Waals surface area (Å²) in [6.45, 7) is 0. The van der Waals surface area contributed by atoms with E-state index in [4.69, 9.17) is 4.74 Å². The van der Waals surface area contributed by atoms with Crippen molar-refractivity contribution in [1.29, 1.82) is 0 Å². The number of hydrogen-bond donors (Lipinski definition) is 0. The van der Waals surface area contributed by atoms with Gasteiger partial charge in [0.2, 0.25) is 0 Å². The molecule has 0 aliphatic rings. The number of thioether (sulfide) groups is 1. The molecule has 0 N–H and O–H groups in total. The first kappa shape index (κ1) is 13.4. The smallest absolute Gasteiger partial charge is 0.124 e. The predicted octanol–water partition coefficient (Wildman–Crippen LogP) is 4.89. The van der Waals surface area contributed by atoms with Crippen LogP contribution in [-0.4, -0.2) is 7.11 Å². The maximum Gasteiger partial charge on any atom is 0.124 e. The van der Waals surface area contributed by atoms with E-state index in [9.17, 15) is 4.39 Å². The van der Waals surface area contributed by atoms with Gasteiger partial charge in [0.1, 0.15) is 11.6 Å². The summed E-state index contributed by atoms with van der Waals surface area (Å²) in [6, 6.07) is 12.7. The number of rotatable bonds is 4. The molecule has 0 radical (unpaired) electrons. The van der Waals surface area contributed by atoms with E-state index in [1.165, 1.54) is 12.1 Å². The standard InChI is InChI=1S/C14H12BrFOS/c1-17-12-3-2-4-13(8-12)18-9-10-5-6-11(16)7-14(10)15/h2-8H,9H2,1H3. The van der Waals surface area contributed by atoms with Gasteiger partial charge in [0.05, 0.1) is 7.11 Å². The second-order valence-electron chi connectivity index (χ2n) is 3.70. The molecule has 4 heteroatoms. The highest BCUT2D eigenvalue weighted by atomic mass is 79.9. The van der Waals surface area contributed by atoms with Crippen molar-refractivity contribution in [1.82, 2.24) is 0 Å². The van der Waals surface area contributed by atoms with Gasteiger partial charge in [0.15, 0.2) is 0 Å². The Kier molecular flexibility index (Phi) is 4.66. The molecule has 0 heterocycles. The Labute approximate surface area is 118 Å². The Bertz CT molecular complexity index is 545. The van der Waals surface area contributed by atoms with E-state index < -0.39 is 0 Å². The minimum absolute atomic E-state index is 0.225. The van der Waals surface area contributed by atoms with Crippen molar-refractivity contribution < 1.29 is 9.13 Å². The van der Waals surface area contributed by atoms with Crippen LogP contribution in [-0.2, 0) is 5.75 Å². The molecule has 0 fully saturated rings. The molecular weight excluding hydrogens is 315 g/mol. The molecule has 0 aliphatic carbocycles. The highest BCUT2D eigenvalue weighted by Gasteiger charge is 2.03. The summed E-state index contributed by atoms with van der Waals surface area (Å²) in [6.07, 6.45) is 0. The lowest BCUT2D eigenvalue weighted by Gasteiger charge is -2.06. The van der Waals surface area contributed by atoms with Crippen LogP contribution in [0.15, 0.2) is 51.8 Å². The Morgan fingerprint density at radius 1 is 1.22 bits per heavy atom. The van der Waals surface area contributed by atoms with Crippen LogP contribution in [0.5, 0.6) is 5.75 Å². The summed E-state index contributed by atoms with van der Waals surface area (Å²) in [4.78, 5) is 1.13. The molecule has 0 saturated heterocycles. The lowest BCUT2D eigenvalue weighted by Crippen LogP contribution is -1.86. The van der Waals surface area contributed by atoms with Crippen LogP contribution in [0.2, 0.25) is 0 Å². The largest absolute Gasteiger partial charge is 0.497 e. The fraction of sp³-hybridized carbons (Fsp3) is 0.143. The minimum atomic E-state index is -0.225. The number of ether oxygens (including phenoxy) is 1. The van der Waals surface area contributed by atoms with Crippen LogP contribution in [0.3, 0.4) is 0 Å². The van der Waals surface area contributed by atoms with Crippen molar-refractivity contribution in [2.45, 2.75) is 10.6 Å². The van der Waals surface area contributed by atoms with Gasteiger partial charge in [-0.3, -0.25) is 0 Å². The highest BCUT2D eigenvalue weighted by Crippen LogP contribution is 2.29. The van der Waals surface area contributed by atoms with Crippen molar-refractivity contribution in [3.63, 3.8) is 0 Å². The van der Waals surface area contributed by atoms with Crippen LogP contribution in [0.25, 0.3) is 0 Å². The van der Waals surface area contributed by atoms with Crippen molar-refractivity contribution in [3.8, 4) is 5.75 Å². The SMILES string of the molecule is COc1cccc(SCc2ccc(F)cc2Br)c1. The highest BCUT2D eigenvalue weighted by molar-refractivity contribution is 9.10.